The average Bonchev–Trinajstić information content (AvgIpc) is 2.61. The molecule has 0 radical (unpaired) electrons. The zero-order valence-electron chi connectivity index (χ0n) is 17.7. The number of benzene rings is 1. The molecule has 1 aromatic carbocycles. The number of hydrogen-bond donors (Lipinski definition) is 3. The van der Waals surface area contributed by atoms with E-state index in [9.17, 15) is 19.2 Å². The molecule has 0 aliphatic heterocycles. The molecule has 2 aromatic rings. The Hall–Kier alpha value is -3.22. The smallest absolute Gasteiger partial charge is 0.261 e. The maximum atomic E-state index is 12.6. The monoisotopic (exact) mass is 409 g/mol. The Morgan fingerprint density at radius 1 is 1.10 bits per heavy atom. The lowest BCUT2D eigenvalue weighted by molar-refractivity contribution is -0.120. The van der Waals surface area contributed by atoms with E-state index < -0.39 is 11.5 Å². The van der Waals surface area contributed by atoms with Crippen molar-refractivity contribution in [2.24, 2.45) is 5.41 Å². The van der Waals surface area contributed by atoms with Gasteiger partial charge in [0, 0.05) is 29.4 Å². The molecule has 0 saturated heterocycles. The maximum absolute atomic E-state index is 12.6. The SMILES string of the molecule is CC(C)NC(=O)Cc1ccc(NC(=O)c2cc3c([nH]c2=O)CC(C)(C)CC3=O)cc1. The number of aromatic amines is 1. The molecular weight excluding hydrogens is 382 g/mol. The normalized spacial score (nSPS) is 14.9. The molecule has 3 rings (SSSR count). The minimum Gasteiger partial charge on any atom is -0.354 e. The van der Waals surface area contributed by atoms with Gasteiger partial charge in [-0.2, -0.15) is 0 Å². The van der Waals surface area contributed by atoms with Gasteiger partial charge >= 0.3 is 0 Å². The van der Waals surface area contributed by atoms with E-state index in [0.29, 0.717) is 29.8 Å². The topological polar surface area (TPSA) is 108 Å². The summed E-state index contributed by atoms with van der Waals surface area (Å²) in [7, 11) is 0. The number of H-pyrrole nitrogens is 1. The summed E-state index contributed by atoms with van der Waals surface area (Å²) >= 11 is 0. The predicted octanol–water partition coefficient (Wildman–Crippen LogP) is 2.85. The molecule has 0 bridgehead atoms. The lowest BCUT2D eigenvalue weighted by Gasteiger charge is -2.29. The Balaban J connectivity index is 1.74. The first-order valence-electron chi connectivity index (χ1n) is 10.0. The van der Waals surface area contributed by atoms with Crippen LogP contribution in [0.1, 0.15) is 66.1 Å². The van der Waals surface area contributed by atoms with E-state index in [-0.39, 0.29) is 35.1 Å². The fourth-order valence-electron chi connectivity index (χ4n) is 3.66. The van der Waals surface area contributed by atoms with Gasteiger partial charge in [-0.25, -0.2) is 0 Å². The van der Waals surface area contributed by atoms with Crippen LogP contribution in [0.15, 0.2) is 35.1 Å². The second kappa shape index (κ2) is 8.26. The summed E-state index contributed by atoms with van der Waals surface area (Å²) in [6.45, 7) is 7.74. The van der Waals surface area contributed by atoms with Crippen LogP contribution in [0.4, 0.5) is 5.69 Å². The summed E-state index contributed by atoms with van der Waals surface area (Å²) in [5.41, 5.74) is 1.47. The van der Waals surface area contributed by atoms with Crippen LogP contribution < -0.4 is 16.2 Å². The van der Waals surface area contributed by atoms with Gasteiger partial charge in [0.1, 0.15) is 5.56 Å². The van der Waals surface area contributed by atoms with E-state index in [0.717, 1.165) is 5.56 Å². The highest BCUT2D eigenvalue weighted by atomic mass is 16.2. The van der Waals surface area contributed by atoms with Crippen molar-refractivity contribution in [3.63, 3.8) is 0 Å². The number of carbonyl (C=O) groups is 3. The molecule has 1 aromatic heterocycles. The predicted molar refractivity (Wildman–Crippen MR) is 115 cm³/mol. The number of ketones is 1. The average molecular weight is 409 g/mol. The molecule has 3 N–H and O–H groups in total. The minimum atomic E-state index is -0.581. The number of carbonyl (C=O) groups excluding carboxylic acids is 3. The van der Waals surface area contributed by atoms with Crippen molar-refractivity contribution in [2.45, 2.75) is 53.0 Å². The molecule has 30 heavy (non-hydrogen) atoms. The van der Waals surface area contributed by atoms with Crippen LogP contribution in [0.3, 0.4) is 0 Å². The molecule has 0 atom stereocenters. The Labute approximate surface area is 175 Å². The van der Waals surface area contributed by atoms with Gasteiger partial charge in [0.05, 0.1) is 6.42 Å². The lowest BCUT2D eigenvalue weighted by atomic mass is 9.75. The van der Waals surface area contributed by atoms with E-state index in [2.05, 4.69) is 15.6 Å². The number of pyridine rings is 1. The molecule has 7 heteroatoms. The van der Waals surface area contributed by atoms with Gasteiger partial charge < -0.3 is 15.6 Å². The van der Waals surface area contributed by atoms with Crippen LogP contribution >= 0.6 is 0 Å². The van der Waals surface area contributed by atoms with Crippen molar-refractivity contribution in [3.05, 3.63) is 63.1 Å². The van der Waals surface area contributed by atoms with Crippen LogP contribution in [0, 0.1) is 5.41 Å². The molecule has 0 fully saturated rings. The number of hydrogen-bond acceptors (Lipinski definition) is 4. The lowest BCUT2D eigenvalue weighted by Crippen LogP contribution is -2.32. The van der Waals surface area contributed by atoms with Crippen LogP contribution in [0.5, 0.6) is 0 Å². The number of nitrogens with one attached hydrogen (secondary N) is 3. The summed E-state index contributed by atoms with van der Waals surface area (Å²) in [5.74, 6) is -0.729. The standard InChI is InChI=1S/C23H27N3O4/c1-13(2)24-20(28)9-14-5-7-15(8-6-14)25-21(29)17-10-16-18(26-22(17)30)11-23(3,4)12-19(16)27/h5-8,10,13H,9,11-12H2,1-4H3,(H,24,28)(H,25,29)(H,26,30). The van der Waals surface area contributed by atoms with Gasteiger partial charge in [-0.15, -0.1) is 0 Å². The molecule has 158 valence electrons. The first kappa shape index (κ1) is 21.5. The number of fused-ring (bicyclic) bond motifs is 1. The molecule has 0 unspecified atom stereocenters. The first-order chi connectivity index (χ1) is 14.0. The summed E-state index contributed by atoms with van der Waals surface area (Å²) in [4.78, 5) is 52.1. The summed E-state index contributed by atoms with van der Waals surface area (Å²) < 4.78 is 0. The molecule has 0 spiro atoms. The fourth-order valence-corrected chi connectivity index (χ4v) is 3.66. The zero-order chi connectivity index (χ0) is 22.1. The molecule has 0 saturated carbocycles. The number of amides is 2. The highest BCUT2D eigenvalue weighted by Gasteiger charge is 2.32. The zero-order valence-corrected chi connectivity index (χ0v) is 17.7. The quantitative estimate of drug-likeness (QED) is 0.706. The van der Waals surface area contributed by atoms with Crippen molar-refractivity contribution in [3.8, 4) is 0 Å². The maximum Gasteiger partial charge on any atom is 0.261 e. The summed E-state index contributed by atoms with van der Waals surface area (Å²) in [6, 6.07) is 8.32. The second-order valence-corrected chi connectivity index (χ2v) is 8.90. The van der Waals surface area contributed by atoms with Crippen LogP contribution in [0.2, 0.25) is 0 Å². The Morgan fingerprint density at radius 2 is 1.77 bits per heavy atom. The molecule has 1 aliphatic rings. The van der Waals surface area contributed by atoms with Crippen molar-refractivity contribution in [1.29, 1.82) is 0 Å². The number of anilines is 1. The molecule has 1 aliphatic carbocycles. The van der Waals surface area contributed by atoms with Crippen LogP contribution in [-0.4, -0.2) is 28.6 Å². The number of rotatable bonds is 5. The van der Waals surface area contributed by atoms with Gasteiger partial charge in [-0.1, -0.05) is 26.0 Å². The minimum absolute atomic E-state index is 0.0729. The van der Waals surface area contributed by atoms with Crippen molar-refractivity contribution in [1.82, 2.24) is 10.3 Å². The first-order valence-corrected chi connectivity index (χ1v) is 10.0. The van der Waals surface area contributed by atoms with E-state index in [4.69, 9.17) is 0 Å². The largest absolute Gasteiger partial charge is 0.354 e. The third-order valence-corrected chi connectivity index (χ3v) is 4.99. The van der Waals surface area contributed by atoms with Gasteiger partial charge in [0.25, 0.3) is 11.5 Å². The molecule has 1 heterocycles. The highest BCUT2D eigenvalue weighted by Crippen LogP contribution is 2.33. The fraction of sp³-hybridized carbons (Fsp3) is 0.391. The molecule has 7 nitrogen and oxygen atoms in total. The van der Waals surface area contributed by atoms with Gasteiger partial charge in [0.2, 0.25) is 5.91 Å². The van der Waals surface area contributed by atoms with Gasteiger partial charge in [0.15, 0.2) is 5.78 Å². The van der Waals surface area contributed by atoms with Crippen molar-refractivity contribution in [2.75, 3.05) is 5.32 Å². The Bertz CT molecular complexity index is 1050. The third-order valence-electron chi connectivity index (χ3n) is 4.99. The summed E-state index contributed by atoms with van der Waals surface area (Å²) in [6.07, 6.45) is 1.20. The third kappa shape index (κ3) is 5.03. The van der Waals surface area contributed by atoms with Crippen LogP contribution in [-0.2, 0) is 17.6 Å². The van der Waals surface area contributed by atoms with E-state index in [1.165, 1.54) is 6.07 Å². The van der Waals surface area contributed by atoms with Crippen LogP contribution in [0.25, 0.3) is 0 Å². The highest BCUT2D eigenvalue weighted by molar-refractivity contribution is 6.06. The Kier molecular flexibility index (Phi) is 5.92. The summed E-state index contributed by atoms with van der Waals surface area (Å²) in [5, 5.41) is 5.50. The van der Waals surface area contributed by atoms with E-state index in [1.54, 1.807) is 24.3 Å². The van der Waals surface area contributed by atoms with Gasteiger partial charge in [-0.3, -0.25) is 19.2 Å². The molecular formula is C23H27N3O4. The van der Waals surface area contributed by atoms with Crippen molar-refractivity contribution < 1.29 is 14.4 Å². The van der Waals surface area contributed by atoms with Gasteiger partial charge in [-0.05, 0) is 49.4 Å². The second-order valence-electron chi connectivity index (χ2n) is 8.90. The number of aromatic nitrogens is 1. The number of Topliss-reactive ketones (excluding diaryl/α,β-unsaturated/α-hetero) is 1. The van der Waals surface area contributed by atoms with Crippen molar-refractivity contribution >= 4 is 23.3 Å². The molecule has 2 amide bonds. The van der Waals surface area contributed by atoms with E-state index in [1.807, 2.05) is 27.7 Å². The Morgan fingerprint density at radius 3 is 2.40 bits per heavy atom. The van der Waals surface area contributed by atoms with E-state index >= 15 is 0 Å².